The van der Waals surface area contributed by atoms with Gasteiger partial charge in [-0.05, 0) is 30.3 Å². The summed E-state index contributed by atoms with van der Waals surface area (Å²) in [6, 6.07) is 16.1. The molecule has 2 rings (SSSR count). The Morgan fingerprint density at radius 2 is 1.78 bits per heavy atom. The van der Waals surface area contributed by atoms with Crippen molar-refractivity contribution in [2.45, 2.75) is 0 Å². The van der Waals surface area contributed by atoms with Crippen molar-refractivity contribution in [3.63, 3.8) is 0 Å². The molecule has 2 aromatic rings. The predicted octanol–water partition coefficient (Wildman–Crippen LogP) is 3.73. The standard InChI is InChI=1S/C16H10N4O3/c17-9-12(10-18)11-19-13-5-7-14(8-6-13)23-16-4-2-1-3-15(16)20(21)22/h1-8,11,19H. The number of nitrogens with zero attached hydrogens (tertiary/aromatic N) is 3. The maximum atomic E-state index is 10.9. The molecule has 0 atom stereocenters. The fraction of sp³-hybridized carbons (Fsp3) is 0. The van der Waals surface area contributed by atoms with E-state index in [-0.39, 0.29) is 17.0 Å². The lowest BCUT2D eigenvalue weighted by Gasteiger charge is -2.07. The van der Waals surface area contributed by atoms with Gasteiger partial charge in [-0.3, -0.25) is 10.1 Å². The number of allylic oxidation sites excluding steroid dienone is 1. The van der Waals surface area contributed by atoms with Crippen molar-refractivity contribution < 1.29 is 9.66 Å². The van der Waals surface area contributed by atoms with E-state index < -0.39 is 4.92 Å². The maximum absolute atomic E-state index is 10.9. The van der Waals surface area contributed by atoms with Gasteiger partial charge in [-0.2, -0.15) is 10.5 Å². The molecule has 0 aliphatic heterocycles. The van der Waals surface area contributed by atoms with Crippen LogP contribution >= 0.6 is 0 Å². The van der Waals surface area contributed by atoms with Crippen LogP contribution in [0.5, 0.6) is 11.5 Å². The summed E-state index contributed by atoms with van der Waals surface area (Å²) in [5.74, 6) is 0.573. The van der Waals surface area contributed by atoms with Crippen LogP contribution in [0.25, 0.3) is 0 Å². The van der Waals surface area contributed by atoms with Crippen LogP contribution in [0.3, 0.4) is 0 Å². The Hall–Kier alpha value is -3.84. The third kappa shape index (κ3) is 4.06. The highest BCUT2D eigenvalue weighted by atomic mass is 16.6. The molecule has 0 amide bonds. The van der Waals surface area contributed by atoms with Gasteiger partial charge >= 0.3 is 5.69 Å². The first-order chi connectivity index (χ1) is 11.1. The van der Waals surface area contributed by atoms with Crippen molar-refractivity contribution >= 4 is 11.4 Å². The predicted molar refractivity (Wildman–Crippen MR) is 82.5 cm³/mol. The largest absolute Gasteiger partial charge is 0.450 e. The number of nitriles is 2. The van der Waals surface area contributed by atoms with Crippen molar-refractivity contribution in [2.75, 3.05) is 5.32 Å². The van der Waals surface area contributed by atoms with E-state index in [1.807, 2.05) is 0 Å². The Bertz CT molecular complexity index is 814. The Labute approximate surface area is 131 Å². The second-order valence-corrected chi connectivity index (χ2v) is 4.28. The zero-order chi connectivity index (χ0) is 16.7. The van der Waals surface area contributed by atoms with Gasteiger partial charge in [0.2, 0.25) is 5.75 Å². The molecule has 0 saturated carbocycles. The average molecular weight is 306 g/mol. The topological polar surface area (TPSA) is 112 Å². The van der Waals surface area contributed by atoms with Gasteiger partial charge in [0.1, 0.15) is 23.5 Å². The zero-order valence-electron chi connectivity index (χ0n) is 11.8. The fourth-order valence-corrected chi connectivity index (χ4v) is 1.69. The monoisotopic (exact) mass is 306 g/mol. The molecule has 0 saturated heterocycles. The Morgan fingerprint density at radius 3 is 2.39 bits per heavy atom. The summed E-state index contributed by atoms with van der Waals surface area (Å²) in [4.78, 5) is 10.4. The molecule has 7 heteroatoms. The first-order valence-corrected chi connectivity index (χ1v) is 6.42. The van der Waals surface area contributed by atoms with Gasteiger partial charge in [0, 0.05) is 18.0 Å². The molecule has 1 N–H and O–H groups in total. The molecule has 0 heterocycles. The quantitative estimate of drug-likeness (QED) is 0.511. The van der Waals surface area contributed by atoms with Gasteiger partial charge in [-0.1, -0.05) is 12.1 Å². The van der Waals surface area contributed by atoms with Gasteiger partial charge in [-0.15, -0.1) is 0 Å². The molecule has 0 radical (unpaired) electrons. The number of para-hydroxylation sites is 2. The average Bonchev–Trinajstić information content (AvgIpc) is 2.57. The number of nitro benzene ring substituents is 1. The van der Waals surface area contributed by atoms with Crippen LogP contribution in [0.1, 0.15) is 0 Å². The van der Waals surface area contributed by atoms with Crippen LogP contribution in [-0.2, 0) is 0 Å². The lowest BCUT2D eigenvalue weighted by Crippen LogP contribution is -1.93. The van der Waals surface area contributed by atoms with Crippen LogP contribution in [0.2, 0.25) is 0 Å². The molecular weight excluding hydrogens is 296 g/mol. The van der Waals surface area contributed by atoms with Crippen molar-refractivity contribution in [3.05, 3.63) is 70.4 Å². The minimum absolute atomic E-state index is 0.0507. The van der Waals surface area contributed by atoms with E-state index in [0.29, 0.717) is 11.4 Å². The number of nitrogens with one attached hydrogen (secondary N) is 1. The first-order valence-electron chi connectivity index (χ1n) is 6.42. The van der Waals surface area contributed by atoms with E-state index in [4.69, 9.17) is 15.3 Å². The highest BCUT2D eigenvalue weighted by Gasteiger charge is 2.14. The molecule has 112 valence electrons. The molecular formula is C16H10N4O3. The Balaban J connectivity index is 2.13. The van der Waals surface area contributed by atoms with E-state index in [9.17, 15) is 10.1 Å². The summed E-state index contributed by atoms with van der Waals surface area (Å²) in [5, 5.41) is 31.0. The van der Waals surface area contributed by atoms with Gasteiger partial charge in [0.15, 0.2) is 0 Å². The number of benzene rings is 2. The second-order valence-electron chi connectivity index (χ2n) is 4.28. The number of hydrogen-bond donors (Lipinski definition) is 1. The van der Waals surface area contributed by atoms with E-state index in [1.54, 1.807) is 48.5 Å². The molecule has 0 fully saturated rings. The summed E-state index contributed by atoms with van der Waals surface area (Å²) in [5.41, 5.74) is 0.471. The normalized spacial score (nSPS) is 9.13. The highest BCUT2D eigenvalue weighted by molar-refractivity contribution is 5.53. The minimum Gasteiger partial charge on any atom is -0.450 e. The molecule has 2 aromatic carbocycles. The van der Waals surface area contributed by atoms with Crippen molar-refractivity contribution in [1.82, 2.24) is 0 Å². The van der Waals surface area contributed by atoms with Crippen molar-refractivity contribution in [1.29, 1.82) is 10.5 Å². The van der Waals surface area contributed by atoms with Gasteiger partial charge in [-0.25, -0.2) is 0 Å². The van der Waals surface area contributed by atoms with Crippen LogP contribution in [0, 0.1) is 32.8 Å². The third-order valence-electron chi connectivity index (χ3n) is 2.77. The van der Waals surface area contributed by atoms with Crippen LogP contribution in [0.15, 0.2) is 60.3 Å². The molecule has 0 spiro atoms. The number of ether oxygens (including phenoxy) is 1. The summed E-state index contributed by atoms with van der Waals surface area (Å²) in [6.45, 7) is 0. The maximum Gasteiger partial charge on any atom is 0.311 e. The molecule has 0 unspecified atom stereocenters. The van der Waals surface area contributed by atoms with E-state index in [1.165, 1.54) is 18.3 Å². The number of hydrogen-bond acceptors (Lipinski definition) is 6. The zero-order valence-corrected chi connectivity index (χ0v) is 11.8. The number of rotatable bonds is 5. The van der Waals surface area contributed by atoms with Gasteiger partial charge < -0.3 is 10.1 Å². The molecule has 0 aliphatic carbocycles. The third-order valence-corrected chi connectivity index (χ3v) is 2.77. The van der Waals surface area contributed by atoms with E-state index in [0.717, 1.165) is 0 Å². The van der Waals surface area contributed by atoms with E-state index >= 15 is 0 Å². The Morgan fingerprint density at radius 1 is 1.13 bits per heavy atom. The molecule has 7 nitrogen and oxygen atoms in total. The van der Waals surface area contributed by atoms with Crippen LogP contribution in [0.4, 0.5) is 11.4 Å². The second kappa shape index (κ2) is 7.25. The summed E-state index contributed by atoms with van der Waals surface area (Å²) >= 11 is 0. The van der Waals surface area contributed by atoms with E-state index in [2.05, 4.69) is 5.32 Å². The van der Waals surface area contributed by atoms with Crippen LogP contribution in [-0.4, -0.2) is 4.92 Å². The lowest BCUT2D eigenvalue weighted by molar-refractivity contribution is -0.385. The molecule has 0 aromatic heterocycles. The summed E-state index contributed by atoms with van der Waals surface area (Å²) in [7, 11) is 0. The minimum atomic E-state index is -0.513. The summed E-state index contributed by atoms with van der Waals surface area (Å²) < 4.78 is 5.50. The van der Waals surface area contributed by atoms with Crippen molar-refractivity contribution in [2.24, 2.45) is 0 Å². The molecule has 23 heavy (non-hydrogen) atoms. The molecule has 0 bridgehead atoms. The Kier molecular flexibility index (Phi) is 4.90. The van der Waals surface area contributed by atoms with Gasteiger partial charge in [0.25, 0.3) is 0 Å². The highest BCUT2D eigenvalue weighted by Crippen LogP contribution is 2.31. The van der Waals surface area contributed by atoms with Crippen LogP contribution < -0.4 is 10.1 Å². The molecule has 0 aliphatic rings. The number of nitro groups is 1. The number of anilines is 1. The SMILES string of the molecule is N#CC(C#N)=CNc1ccc(Oc2ccccc2[N+](=O)[O-])cc1. The smallest absolute Gasteiger partial charge is 0.311 e. The lowest BCUT2D eigenvalue weighted by atomic mass is 10.2. The van der Waals surface area contributed by atoms with Crippen molar-refractivity contribution in [3.8, 4) is 23.6 Å². The fourth-order valence-electron chi connectivity index (χ4n) is 1.69. The first kappa shape index (κ1) is 15.5. The van der Waals surface area contributed by atoms with Gasteiger partial charge in [0.05, 0.1) is 4.92 Å². The summed E-state index contributed by atoms with van der Waals surface area (Å²) in [6.07, 6.45) is 1.29.